The van der Waals surface area contributed by atoms with Crippen LogP contribution in [0.4, 0.5) is 11.8 Å². The zero-order valence-corrected chi connectivity index (χ0v) is 10.7. The fourth-order valence-electron chi connectivity index (χ4n) is 1.60. The Morgan fingerprint density at radius 3 is 2.78 bits per heavy atom. The highest BCUT2D eigenvalue weighted by Gasteiger charge is 2.12. The van der Waals surface area contributed by atoms with Crippen molar-refractivity contribution < 1.29 is 4.74 Å². The van der Waals surface area contributed by atoms with E-state index in [9.17, 15) is 0 Å². The number of fused-ring (bicyclic) bond motifs is 1. The maximum absolute atomic E-state index is 5.51. The molecular weight excluding hydrogens is 234 g/mol. The van der Waals surface area contributed by atoms with Gasteiger partial charge >= 0.3 is 0 Å². The molecule has 98 valence electrons. The largest absolute Gasteiger partial charge is 0.383 e. The molecule has 0 spiro atoms. The van der Waals surface area contributed by atoms with Crippen molar-refractivity contribution in [2.75, 3.05) is 31.0 Å². The van der Waals surface area contributed by atoms with Gasteiger partial charge in [-0.1, -0.05) is 0 Å². The minimum atomic E-state index is 0.501. The van der Waals surface area contributed by atoms with Crippen LogP contribution in [0.3, 0.4) is 0 Å². The molecule has 0 radical (unpaired) electrons. The van der Waals surface area contributed by atoms with Crippen LogP contribution in [-0.4, -0.2) is 39.8 Å². The van der Waals surface area contributed by atoms with Crippen LogP contribution >= 0.6 is 0 Å². The Hall–Kier alpha value is -1.93. The number of methoxy groups -OCH3 is 1. The van der Waals surface area contributed by atoms with Crippen LogP contribution in [0.5, 0.6) is 0 Å². The van der Waals surface area contributed by atoms with Crippen molar-refractivity contribution in [3.63, 3.8) is 0 Å². The first kappa shape index (κ1) is 12.5. The number of nitrogens with one attached hydrogen (secondary N) is 2. The molecule has 0 aliphatic rings. The summed E-state index contributed by atoms with van der Waals surface area (Å²) >= 11 is 0. The Morgan fingerprint density at radius 1 is 1.33 bits per heavy atom. The van der Waals surface area contributed by atoms with Crippen molar-refractivity contribution in [2.24, 2.45) is 5.84 Å². The van der Waals surface area contributed by atoms with Crippen molar-refractivity contribution in [1.82, 2.24) is 19.6 Å². The number of nitrogens with two attached hydrogens (primary N) is 1. The number of aryl methyl sites for hydroxylation is 1. The minimum Gasteiger partial charge on any atom is -0.383 e. The average molecular weight is 251 g/mol. The van der Waals surface area contributed by atoms with E-state index in [-0.39, 0.29) is 0 Å². The van der Waals surface area contributed by atoms with Crippen LogP contribution < -0.4 is 16.6 Å². The number of hydrogen-bond donors (Lipinski definition) is 3. The Kier molecular flexibility index (Phi) is 3.58. The molecule has 0 unspecified atom stereocenters. The number of hydrogen-bond acceptors (Lipinski definition) is 7. The van der Waals surface area contributed by atoms with Gasteiger partial charge in [0.2, 0.25) is 5.95 Å². The molecule has 2 heterocycles. The lowest BCUT2D eigenvalue weighted by molar-refractivity contribution is 0.210. The molecule has 8 nitrogen and oxygen atoms in total. The van der Waals surface area contributed by atoms with Gasteiger partial charge in [-0.15, -0.1) is 5.10 Å². The summed E-state index contributed by atoms with van der Waals surface area (Å²) in [5, 5.41) is 7.34. The molecule has 0 aromatic carbocycles. The smallest absolute Gasteiger partial charge is 0.256 e. The molecular formula is C10H17N7O. The summed E-state index contributed by atoms with van der Waals surface area (Å²) in [6.07, 6.45) is 0. The number of rotatable bonds is 5. The second kappa shape index (κ2) is 5.15. The second-order valence-corrected chi connectivity index (χ2v) is 3.88. The van der Waals surface area contributed by atoms with Gasteiger partial charge in [0, 0.05) is 24.9 Å². The van der Waals surface area contributed by atoms with E-state index in [0.29, 0.717) is 30.7 Å². The lowest BCUT2D eigenvalue weighted by Gasteiger charge is -2.07. The summed E-state index contributed by atoms with van der Waals surface area (Å²) in [5.41, 5.74) is 4.44. The van der Waals surface area contributed by atoms with Gasteiger partial charge in [-0.3, -0.25) is 0 Å². The van der Waals surface area contributed by atoms with Crippen LogP contribution in [0.15, 0.2) is 0 Å². The minimum absolute atomic E-state index is 0.501. The highest BCUT2D eigenvalue weighted by Crippen LogP contribution is 2.17. The van der Waals surface area contributed by atoms with E-state index < -0.39 is 0 Å². The molecule has 0 bridgehead atoms. The summed E-state index contributed by atoms with van der Waals surface area (Å²) in [4.78, 5) is 8.63. The molecule has 0 aliphatic carbocycles. The van der Waals surface area contributed by atoms with E-state index >= 15 is 0 Å². The van der Waals surface area contributed by atoms with Crippen molar-refractivity contribution >= 4 is 17.5 Å². The monoisotopic (exact) mass is 251 g/mol. The SMILES string of the molecule is COCCNc1nc2nc(C)c(C)c(NN)n2n1. The van der Waals surface area contributed by atoms with E-state index in [1.165, 1.54) is 0 Å². The summed E-state index contributed by atoms with van der Waals surface area (Å²) in [6.45, 7) is 5.05. The highest BCUT2D eigenvalue weighted by molar-refractivity contribution is 5.53. The van der Waals surface area contributed by atoms with E-state index in [1.807, 2.05) is 13.8 Å². The van der Waals surface area contributed by atoms with E-state index in [0.717, 1.165) is 11.3 Å². The van der Waals surface area contributed by atoms with Gasteiger partial charge in [-0.25, -0.2) is 10.8 Å². The van der Waals surface area contributed by atoms with Gasteiger partial charge < -0.3 is 15.5 Å². The first-order valence-corrected chi connectivity index (χ1v) is 5.60. The normalized spacial score (nSPS) is 10.9. The summed E-state index contributed by atoms with van der Waals surface area (Å²) in [7, 11) is 1.64. The molecule has 0 fully saturated rings. The Morgan fingerprint density at radius 2 is 2.11 bits per heavy atom. The van der Waals surface area contributed by atoms with Crippen molar-refractivity contribution in [3.8, 4) is 0 Å². The van der Waals surface area contributed by atoms with Gasteiger partial charge in [0.25, 0.3) is 5.78 Å². The van der Waals surface area contributed by atoms with Gasteiger partial charge in [0.15, 0.2) is 0 Å². The molecule has 2 rings (SSSR count). The van der Waals surface area contributed by atoms with Gasteiger partial charge in [-0.05, 0) is 13.8 Å². The first-order valence-electron chi connectivity index (χ1n) is 5.60. The van der Waals surface area contributed by atoms with Crippen molar-refractivity contribution in [1.29, 1.82) is 0 Å². The third-order valence-corrected chi connectivity index (χ3v) is 2.69. The summed E-state index contributed by atoms with van der Waals surface area (Å²) in [5.74, 6) is 7.20. The van der Waals surface area contributed by atoms with Crippen LogP contribution in [-0.2, 0) is 4.74 Å². The average Bonchev–Trinajstić information content (AvgIpc) is 2.73. The number of aromatic nitrogens is 4. The summed E-state index contributed by atoms with van der Waals surface area (Å²) < 4.78 is 6.53. The molecule has 0 amide bonds. The zero-order valence-electron chi connectivity index (χ0n) is 10.7. The van der Waals surface area contributed by atoms with Gasteiger partial charge in [-0.2, -0.15) is 9.50 Å². The predicted octanol–water partition coefficient (Wildman–Crippen LogP) is 0.0850. The predicted molar refractivity (Wildman–Crippen MR) is 68.4 cm³/mol. The number of ether oxygens (including phenoxy) is 1. The lowest BCUT2D eigenvalue weighted by Crippen LogP contribution is -2.15. The summed E-state index contributed by atoms with van der Waals surface area (Å²) in [6, 6.07) is 0. The maximum atomic E-state index is 5.51. The van der Waals surface area contributed by atoms with E-state index in [2.05, 4.69) is 25.8 Å². The lowest BCUT2D eigenvalue weighted by atomic mass is 10.2. The van der Waals surface area contributed by atoms with Crippen molar-refractivity contribution in [3.05, 3.63) is 11.3 Å². The van der Waals surface area contributed by atoms with Crippen LogP contribution in [0.25, 0.3) is 5.78 Å². The third kappa shape index (κ3) is 2.20. The van der Waals surface area contributed by atoms with Crippen LogP contribution in [0.2, 0.25) is 0 Å². The number of nitrogens with zero attached hydrogens (tertiary/aromatic N) is 4. The number of anilines is 2. The maximum Gasteiger partial charge on any atom is 0.256 e. The third-order valence-electron chi connectivity index (χ3n) is 2.69. The zero-order chi connectivity index (χ0) is 13.1. The molecule has 4 N–H and O–H groups in total. The standard InChI is InChI=1S/C10H17N7O/c1-6-7(2)13-10-14-9(12-4-5-18-3)16-17(10)8(6)15-11/h15H,4-5,11H2,1-3H3,(H,12,16). The fraction of sp³-hybridized carbons (Fsp3) is 0.500. The Balaban J connectivity index is 2.38. The second-order valence-electron chi connectivity index (χ2n) is 3.88. The molecule has 0 saturated heterocycles. The van der Waals surface area contributed by atoms with Crippen molar-refractivity contribution in [2.45, 2.75) is 13.8 Å². The molecule has 18 heavy (non-hydrogen) atoms. The molecule has 2 aromatic rings. The van der Waals surface area contributed by atoms with Gasteiger partial charge in [0.05, 0.1) is 6.61 Å². The van der Waals surface area contributed by atoms with E-state index in [1.54, 1.807) is 11.6 Å². The quantitative estimate of drug-likeness (QED) is 0.393. The van der Waals surface area contributed by atoms with Crippen LogP contribution in [0.1, 0.15) is 11.3 Å². The molecule has 8 heteroatoms. The molecule has 2 aromatic heterocycles. The highest BCUT2D eigenvalue weighted by atomic mass is 16.5. The number of nitrogen functional groups attached to an aromatic ring is 1. The molecule has 0 atom stereocenters. The fourth-order valence-corrected chi connectivity index (χ4v) is 1.60. The van der Waals surface area contributed by atoms with Crippen LogP contribution in [0, 0.1) is 13.8 Å². The molecule has 0 saturated carbocycles. The Labute approximate surface area is 105 Å². The number of hydrazine groups is 1. The van der Waals surface area contributed by atoms with E-state index in [4.69, 9.17) is 10.6 Å². The first-order chi connectivity index (χ1) is 8.67. The topological polar surface area (TPSA) is 102 Å². The molecule has 0 aliphatic heterocycles. The van der Waals surface area contributed by atoms with Gasteiger partial charge in [0.1, 0.15) is 5.82 Å². The Bertz CT molecular complexity index is 551.